The summed E-state index contributed by atoms with van der Waals surface area (Å²) in [5.74, 6) is 0.337. The van der Waals surface area contributed by atoms with Gasteiger partial charge in [0, 0.05) is 18.4 Å². The van der Waals surface area contributed by atoms with E-state index in [1.54, 1.807) is 0 Å². The SMILES string of the molecule is CC(CC(=O)NC(C)(C)CCC(=O)O)C1CCCCC1. The topological polar surface area (TPSA) is 66.4 Å². The van der Waals surface area contributed by atoms with Gasteiger partial charge in [-0.2, -0.15) is 0 Å². The Morgan fingerprint density at radius 1 is 1.25 bits per heavy atom. The standard InChI is InChI=1S/C16H29NO3/c1-12(13-7-5-4-6-8-13)11-14(18)17-16(2,3)10-9-15(19)20/h12-13H,4-11H2,1-3H3,(H,17,18)(H,19,20). The molecule has 1 saturated carbocycles. The van der Waals surface area contributed by atoms with E-state index in [4.69, 9.17) is 5.11 Å². The summed E-state index contributed by atoms with van der Waals surface area (Å²) in [6.45, 7) is 5.94. The van der Waals surface area contributed by atoms with Crippen LogP contribution in [0.3, 0.4) is 0 Å². The van der Waals surface area contributed by atoms with Gasteiger partial charge >= 0.3 is 5.97 Å². The molecule has 0 aliphatic heterocycles. The van der Waals surface area contributed by atoms with Crippen LogP contribution < -0.4 is 5.32 Å². The zero-order valence-corrected chi connectivity index (χ0v) is 13.1. The number of amides is 1. The second-order valence-electron chi connectivity index (χ2n) is 6.91. The van der Waals surface area contributed by atoms with Crippen LogP contribution >= 0.6 is 0 Å². The van der Waals surface area contributed by atoms with Gasteiger partial charge in [0.15, 0.2) is 0 Å². The van der Waals surface area contributed by atoms with E-state index in [9.17, 15) is 9.59 Å². The van der Waals surface area contributed by atoms with Crippen molar-refractivity contribution >= 4 is 11.9 Å². The third kappa shape index (κ3) is 6.40. The number of carboxylic acid groups (broad SMARTS) is 1. The molecule has 4 heteroatoms. The first kappa shape index (κ1) is 17.0. The third-order valence-corrected chi connectivity index (χ3v) is 4.40. The van der Waals surface area contributed by atoms with Gasteiger partial charge in [-0.05, 0) is 32.1 Å². The zero-order valence-electron chi connectivity index (χ0n) is 13.1. The van der Waals surface area contributed by atoms with Gasteiger partial charge in [0.2, 0.25) is 5.91 Å². The fourth-order valence-electron chi connectivity index (χ4n) is 3.07. The quantitative estimate of drug-likeness (QED) is 0.753. The van der Waals surface area contributed by atoms with Gasteiger partial charge in [0.25, 0.3) is 0 Å². The van der Waals surface area contributed by atoms with Crippen LogP contribution in [-0.4, -0.2) is 22.5 Å². The summed E-state index contributed by atoms with van der Waals surface area (Å²) >= 11 is 0. The van der Waals surface area contributed by atoms with Gasteiger partial charge in [0.1, 0.15) is 0 Å². The van der Waals surface area contributed by atoms with Gasteiger partial charge in [0.05, 0.1) is 0 Å². The fourth-order valence-corrected chi connectivity index (χ4v) is 3.07. The Morgan fingerprint density at radius 3 is 2.40 bits per heavy atom. The number of carbonyl (C=O) groups is 2. The van der Waals surface area contributed by atoms with Crippen LogP contribution in [0.5, 0.6) is 0 Å². The maximum atomic E-state index is 12.1. The molecule has 2 N–H and O–H groups in total. The second-order valence-corrected chi connectivity index (χ2v) is 6.91. The Bertz CT molecular complexity index is 333. The van der Waals surface area contributed by atoms with Crippen molar-refractivity contribution in [1.82, 2.24) is 5.32 Å². The predicted molar refractivity (Wildman–Crippen MR) is 79.4 cm³/mol. The Morgan fingerprint density at radius 2 is 1.85 bits per heavy atom. The largest absolute Gasteiger partial charge is 0.481 e. The predicted octanol–water partition coefficient (Wildman–Crippen LogP) is 3.35. The highest BCUT2D eigenvalue weighted by atomic mass is 16.4. The van der Waals surface area contributed by atoms with E-state index in [1.807, 2.05) is 13.8 Å². The summed E-state index contributed by atoms with van der Waals surface area (Å²) in [5.41, 5.74) is -0.443. The van der Waals surface area contributed by atoms with Crippen molar-refractivity contribution in [1.29, 1.82) is 0 Å². The Kier molecular flexibility index (Phi) is 6.50. The van der Waals surface area contributed by atoms with Crippen molar-refractivity contribution in [3.05, 3.63) is 0 Å². The number of hydrogen-bond donors (Lipinski definition) is 2. The van der Waals surface area contributed by atoms with E-state index in [-0.39, 0.29) is 12.3 Å². The second kappa shape index (κ2) is 7.65. The van der Waals surface area contributed by atoms with Crippen LogP contribution in [0.25, 0.3) is 0 Å². The average Bonchev–Trinajstić information content (AvgIpc) is 2.37. The lowest BCUT2D eigenvalue weighted by Crippen LogP contribution is -2.44. The lowest BCUT2D eigenvalue weighted by atomic mass is 9.79. The molecule has 0 heterocycles. The Labute approximate surface area is 122 Å². The number of aliphatic carboxylic acids is 1. The summed E-state index contributed by atoms with van der Waals surface area (Å²) in [4.78, 5) is 22.7. The summed E-state index contributed by atoms with van der Waals surface area (Å²) in [6.07, 6.45) is 7.52. The summed E-state index contributed by atoms with van der Waals surface area (Å²) in [5, 5.41) is 11.7. The van der Waals surface area contributed by atoms with E-state index < -0.39 is 11.5 Å². The smallest absolute Gasteiger partial charge is 0.303 e. The van der Waals surface area contributed by atoms with Crippen LogP contribution in [0.2, 0.25) is 0 Å². The number of rotatable bonds is 7. The van der Waals surface area contributed by atoms with Gasteiger partial charge in [-0.1, -0.05) is 39.0 Å². The molecule has 0 spiro atoms. The monoisotopic (exact) mass is 283 g/mol. The van der Waals surface area contributed by atoms with Gasteiger partial charge < -0.3 is 10.4 Å². The van der Waals surface area contributed by atoms with Gasteiger partial charge in [-0.25, -0.2) is 0 Å². The third-order valence-electron chi connectivity index (χ3n) is 4.40. The highest BCUT2D eigenvalue weighted by Crippen LogP contribution is 2.31. The van der Waals surface area contributed by atoms with Crippen molar-refractivity contribution in [2.75, 3.05) is 0 Å². The maximum Gasteiger partial charge on any atom is 0.303 e. The first-order valence-electron chi connectivity index (χ1n) is 7.83. The molecule has 1 atom stereocenters. The van der Waals surface area contributed by atoms with E-state index in [2.05, 4.69) is 12.2 Å². The van der Waals surface area contributed by atoms with Crippen molar-refractivity contribution in [3.8, 4) is 0 Å². The molecule has 0 aromatic heterocycles. The highest BCUT2D eigenvalue weighted by molar-refractivity contribution is 5.77. The molecule has 4 nitrogen and oxygen atoms in total. The highest BCUT2D eigenvalue weighted by Gasteiger charge is 2.25. The molecule has 0 saturated heterocycles. The molecule has 0 radical (unpaired) electrons. The fraction of sp³-hybridized carbons (Fsp3) is 0.875. The molecular weight excluding hydrogens is 254 g/mol. The number of nitrogens with one attached hydrogen (secondary N) is 1. The number of carboxylic acids is 1. The van der Waals surface area contributed by atoms with Crippen LogP contribution in [0.1, 0.15) is 72.1 Å². The molecule has 1 rings (SSSR count). The molecule has 0 aromatic carbocycles. The molecule has 1 aliphatic carbocycles. The molecule has 1 fully saturated rings. The van der Waals surface area contributed by atoms with Crippen molar-refractivity contribution in [2.45, 2.75) is 77.7 Å². The van der Waals surface area contributed by atoms with Gasteiger partial charge in [-0.15, -0.1) is 0 Å². The molecule has 116 valence electrons. The minimum Gasteiger partial charge on any atom is -0.481 e. The van der Waals surface area contributed by atoms with Crippen LogP contribution in [0.15, 0.2) is 0 Å². The molecule has 1 amide bonds. The average molecular weight is 283 g/mol. The van der Waals surface area contributed by atoms with Crippen LogP contribution in [0, 0.1) is 11.8 Å². The minimum absolute atomic E-state index is 0.0541. The molecule has 1 aliphatic rings. The summed E-state index contributed by atoms with van der Waals surface area (Å²) < 4.78 is 0. The molecule has 0 aromatic rings. The normalized spacial score (nSPS) is 18.6. The number of hydrogen-bond acceptors (Lipinski definition) is 2. The van der Waals surface area contributed by atoms with Crippen molar-refractivity contribution < 1.29 is 14.7 Å². The van der Waals surface area contributed by atoms with Crippen molar-refractivity contribution in [3.63, 3.8) is 0 Å². The summed E-state index contributed by atoms with van der Waals surface area (Å²) in [6, 6.07) is 0. The number of carbonyl (C=O) groups excluding carboxylic acids is 1. The zero-order chi connectivity index (χ0) is 15.2. The summed E-state index contributed by atoms with van der Waals surface area (Å²) in [7, 11) is 0. The maximum absolute atomic E-state index is 12.1. The lowest BCUT2D eigenvalue weighted by molar-refractivity contribution is -0.138. The van der Waals surface area contributed by atoms with Gasteiger partial charge in [-0.3, -0.25) is 9.59 Å². The van der Waals surface area contributed by atoms with Crippen LogP contribution in [0.4, 0.5) is 0 Å². The van der Waals surface area contributed by atoms with E-state index in [0.717, 1.165) is 0 Å². The van der Waals surface area contributed by atoms with E-state index in [0.29, 0.717) is 24.7 Å². The molecule has 1 unspecified atom stereocenters. The molecular formula is C16H29NO3. The van der Waals surface area contributed by atoms with Crippen molar-refractivity contribution in [2.24, 2.45) is 11.8 Å². The minimum atomic E-state index is -0.817. The Balaban J connectivity index is 2.35. The lowest BCUT2D eigenvalue weighted by Gasteiger charge is -2.30. The van der Waals surface area contributed by atoms with E-state index >= 15 is 0 Å². The first-order valence-corrected chi connectivity index (χ1v) is 7.83. The molecule has 0 bridgehead atoms. The first-order chi connectivity index (χ1) is 9.30. The van der Waals surface area contributed by atoms with E-state index in [1.165, 1.54) is 32.1 Å². The van der Waals surface area contributed by atoms with Crippen LogP contribution in [-0.2, 0) is 9.59 Å². The Hall–Kier alpha value is -1.06. The molecule has 20 heavy (non-hydrogen) atoms.